The smallest absolute Gasteiger partial charge is 0.251 e. The van der Waals surface area contributed by atoms with Crippen LogP contribution in [0.15, 0.2) is 18.1 Å². The van der Waals surface area contributed by atoms with Crippen molar-refractivity contribution in [3.63, 3.8) is 0 Å². The lowest BCUT2D eigenvalue weighted by molar-refractivity contribution is -0.199. The summed E-state index contributed by atoms with van der Waals surface area (Å²) in [5.41, 5.74) is 1.02. The zero-order valence-electron chi connectivity index (χ0n) is 6.39. The third-order valence-electron chi connectivity index (χ3n) is 1.30. The van der Waals surface area contributed by atoms with Crippen molar-refractivity contribution in [3.8, 4) is 0 Å². The molecule has 0 saturated carbocycles. The van der Waals surface area contributed by atoms with Crippen molar-refractivity contribution in [2.75, 3.05) is 6.67 Å². The Bertz CT molecular complexity index is 225. The van der Waals surface area contributed by atoms with Crippen LogP contribution in [-0.2, 0) is 0 Å². The normalized spacial score (nSPS) is 12.5. The lowest BCUT2D eigenvalue weighted by Crippen LogP contribution is -2.41. The van der Waals surface area contributed by atoms with Crippen molar-refractivity contribution < 1.29 is 26.3 Å². The van der Waals surface area contributed by atoms with Gasteiger partial charge in [-0.2, -0.15) is 22.0 Å². The van der Waals surface area contributed by atoms with Gasteiger partial charge in [0.1, 0.15) is 0 Å². The van der Waals surface area contributed by atoms with E-state index in [-0.39, 0.29) is 0 Å². The largest absolute Gasteiger partial charge is 0.367 e. The van der Waals surface area contributed by atoms with Gasteiger partial charge in [0.2, 0.25) is 5.83 Å². The minimum atomic E-state index is -5.04. The van der Waals surface area contributed by atoms with Crippen molar-refractivity contribution in [2.45, 2.75) is 18.3 Å². The van der Waals surface area contributed by atoms with Gasteiger partial charge in [0.05, 0.1) is 6.67 Å². The molecule has 0 nitrogen and oxygen atoms in total. The maximum Gasteiger partial charge on any atom is 0.367 e. The predicted molar refractivity (Wildman–Crippen MR) is 34.2 cm³/mol. The molecule has 0 amide bonds. The van der Waals surface area contributed by atoms with Crippen molar-refractivity contribution in [3.05, 3.63) is 18.1 Å². The van der Waals surface area contributed by atoms with Crippen LogP contribution in [0.1, 0.15) is 6.42 Å². The van der Waals surface area contributed by atoms with Gasteiger partial charge in [-0.1, -0.05) is 12.3 Å². The molecule has 0 spiro atoms. The van der Waals surface area contributed by atoms with Crippen LogP contribution in [0.5, 0.6) is 0 Å². The molecule has 0 atom stereocenters. The maximum atomic E-state index is 12.4. The topological polar surface area (TPSA) is 0 Å². The van der Waals surface area contributed by atoms with Gasteiger partial charge in [-0.3, -0.25) is 4.39 Å². The minimum Gasteiger partial charge on any atom is -0.251 e. The van der Waals surface area contributed by atoms with E-state index in [0.717, 1.165) is 5.73 Å². The molecule has 0 saturated heterocycles. The number of hydrogen-bond acceptors (Lipinski definition) is 0. The molecule has 0 radical (unpaired) electrons. The van der Waals surface area contributed by atoms with E-state index in [1.54, 1.807) is 0 Å². The second-order valence-corrected chi connectivity index (χ2v) is 2.21. The number of alkyl halides is 5. The first kappa shape index (κ1) is 12.1. The van der Waals surface area contributed by atoms with Crippen LogP contribution in [0, 0.1) is 0 Å². The van der Waals surface area contributed by atoms with Crippen LogP contribution < -0.4 is 0 Å². The quantitative estimate of drug-likeness (QED) is 0.487. The van der Waals surface area contributed by atoms with Crippen molar-refractivity contribution in [2.24, 2.45) is 0 Å². The SMILES string of the molecule is C=C=C(F)C(F)(F)C(F)(F)CCF. The first-order valence-electron chi connectivity index (χ1n) is 3.17. The second-order valence-electron chi connectivity index (χ2n) is 2.21. The summed E-state index contributed by atoms with van der Waals surface area (Å²) < 4.78 is 72.9. The zero-order valence-corrected chi connectivity index (χ0v) is 6.39. The number of rotatable bonds is 4. The molecular formula is C7H6F6. The zero-order chi connectivity index (χ0) is 10.7. The number of hydrogen-bond donors (Lipinski definition) is 0. The molecule has 13 heavy (non-hydrogen) atoms. The highest BCUT2D eigenvalue weighted by Crippen LogP contribution is 2.42. The summed E-state index contributed by atoms with van der Waals surface area (Å²) in [6.45, 7) is 0.797. The molecular weight excluding hydrogens is 198 g/mol. The Labute approximate surface area is 70.5 Å². The molecule has 0 unspecified atom stereocenters. The minimum absolute atomic E-state index is 1.02. The van der Waals surface area contributed by atoms with Crippen LogP contribution >= 0.6 is 0 Å². The molecule has 0 aromatic rings. The molecule has 0 aromatic carbocycles. The number of allylic oxidation sites excluding steroid dienone is 1. The van der Waals surface area contributed by atoms with Crippen molar-refractivity contribution in [1.29, 1.82) is 0 Å². The van der Waals surface area contributed by atoms with Gasteiger partial charge >= 0.3 is 11.8 Å². The fourth-order valence-corrected chi connectivity index (χ4v) is 0.547. The average molecular weight is 204 g/mol. The highest BCUT2D eigenvalue weighted by atomic mass is 19.3. The fourth-order valence-electron chi connectivity index (χ4n) is 0.547. The summed E-state index contributed by atoms with van der Waals surface area (Å²) in [6.07, 6.45) is -1.74. The molecule has 0 aliphatic heterocycles. The molecule has 0 heterocycles. The van der Waals surface area contributed by atoms with E-state index in [1.165, 1.54) is 0 Å². The molecule has 0 aliphatic carbocycles. The standard InChI is InChI=1S/C7H6F6/c1-2-5(9)7(12,13)6(10,11)3-4-8/h1,3-4H2. The van der Waals surface area contributed by atoms with E-state index in [2.05, 4.69) is 6.58 Å². The summed E-state index contributed by atoms with van der Waals surface area (Å²) in [7, 11) is 0. The van der Waals surface area contributed by atoms with Gasteiger partial charge in [0, 0.05) is 6.42 Å². The monoisotopic (exact) mass is 204 g/mol. The Hall–Kier alpha value is -0.900. The highest BCUT2D eigenvalue weighted by Gasteiger charge is 2.59. The predicted octanol–water partition coefficient (Wildman–Crippen LogP) is 3.25. The maximum absolute atomic E-state index is 12.4. The van der Waals surface area contributed by atoms with E-state index in [0.29, 0.717) is 0 Å². The lowest BCUT2D eigenvalue weighted by atomic mass is 10.1. The first-order valence-corrected chi connectivity index (χ1v) is 3.17. The summed E-state index contributed by atoms with van der Waals surface area (Å²) >= 11 is 0. The van der Waals surface area contributed by atoms with Gasteiger partial charge in [0.15, 0.2) is 0 Å². The van der Waals surface area contributed by atoms with Crippen molar-refractivity contribution in [1.82, 2.24) is 0 Å². The van der Waals surface area contributed by atoms with Gasteiger partial charge in [-0.05, 0) is 0 Å². The summed E-state index contributed by atoms with van der Waals surface area (Å²) in [6, 6.07) is 0. The van der Waals surface area contributed by atoms with Crippen LogP contribution in [-0.4, -0.2) is 18.5 Å². The first-order chi connectivity index (χ1) is 5.79. The lowest BCUT2D eigenvalue weighted by Gasteiger charge is -2.23. The van der Waals surface area contributed by atoms with Crippen LogP contribution in [0.2, 0.25) is 0 Å². The fraction of sp³-hybridized carbons (Fsp3) is 0.571. The molecule has 0 N–H and O–H groups in total. The number of halogens is 6. The van der Waals surface area contributed by atoms with Crippen LogP contribution in [0.25, 0.3) is 0 Å². The molecule has 6 heteroatoms. The van der Waals surface area contributed by atoms with Gasteiger partial charge in [0.25, 0.3) is 0 Å². The van der Waals surface area contributed by atoms with Gasteiger partial charge in [-0.25, -0.2) is 0 Å². The third-order valence-corrected chi connectivity index (χ3v) is 1.30. The van der Waals surface area contributed by atoms with Gasteiger partial charge in [-0.15, -0.1) is 0 Å². The Morgan fingerprint density at radius 1 is 1.23 bits per heavy atom. The van der Waals surface area contributed by atoms with Crippen LogP contribution in [0.3, 0.4) is 0 Å². The molecule has 0 rings (SSSR count). The summed E-state index contributed by atoms with van der Waals surface area (Å²) in [4.78, 5) is 0. The molecule has 76 valence electrons. The molecule has 0 bridgehead atoms. The molecule has 0 aliphatic rings. The summed E-state index contributed by atoms with van der Waals surface area (Å²) in [5, 5.41) is 0. The Morgan fingerprint density at radius 3 is 2.00 bits per heavy atom. The molecule has 0 fully saturated rings. The van der Waals surface area contributed by atoms with Gasteiger partial charge < -0.3 is 0 Å². The van der Waals surface area contributed by atoms with E-state index >= 15 is 0 Å². The van der Waals surface area contributed by atoms with Crippen LogP contribution in [0.4, 0.5) is 26.3 Å². The Balaban J connectivity index is 4.90. The average Bonchev–Trinajstić information content (AvgIpc) is 2.02. The summed E-state index contributed by atoms with van der Waals surface area (Å²) in [5.74, 6) is -12.3. The highest BCUT2D eigenvalue weighted by molar-refractivity contribution is 5.08. The Morgan fingerprint density at radius 2 is 1.69 bits per heavy atom. The van der Waals surface area contributed by atoms with Crippen molar-refractivity contribution >= 4 is 0 Å². The third kappa shape index (κ3) is 2.28. The van der Waals surface area contributed by atoms with E-state index < -0.39 is 30.8 Å². The second kappa shape index (κ2) is 3.87. The molecule has 0 aromatic heterocycles. The van der Waals surface area contributed by atoms with E-state index in [9.17, 15) is 26.3 Å². The van der Waals surface area contributed by atoms with E-state index in [1.807, 2.05) is 0 Å². The Kier molecular flexibility index (Phi) is 3.60. The van der Waals surface area contributed by atoms with E-state index in [4.69, 9.17) is 0 Å².